The first-order valence-corrected chi connectivity index (χ1v) is 7.68. The molecule has 0 aliphatic carbocycles. The van der Waals surface area contributed by atoms with Gasteiger partial charge in [-0.05, 0) is 26.3 Å². The Hall–Kier alpha value is -3.03. The van der Waals surface area contributed by atoms with Crippen molar-refractivity contribution >= 4 is 23.3 Å². The molecule has 1 N–H and O–H groups in total. The van der Waals surface area contributed by atoms with E-state index in [2.05, 4.69) is 4.99 Å². The third-order valence-electron chi connectivity index (χ3n) is 4.04. The first-order chi connectivity index (χ1) is 11.8. The summed E-state index contributed by atoms with van der Waals surface area (Å²) < 4.78 is 5.08. The monoisotopic (exact) mass is 346 g/mol. The van der Waals surface area contributed by atoms with Crippen LogP contribution in [0.4, 0.5) is 5.69 Å². The number of carbonyl (C=O) groups is 2. The standard InChI is InChI=1S/C17H18N2O6/c1-4-25-17(22)14-10(3)18-9(2)13(16(20)21)15(14)11-6-5-7-12(8-11)19(23)24/h5-8,14-15H,4H2,1-3H3,(H,20,21)/t14?,15-/m1/s1. The molecule has 0 aromatic heterocycles. The van der Waals surface area contributed by atoms with E-state index >= 15 is 0 Å². The van der Waals surface area contributed by atoms with E-state index in [-0.39, 0.29) is 23.6 Å². The van der Waals surface area contributed by atoms with Crippen molar-refractivity contribution in [2.24, 2.45) is 10.9 Å². The summed E-state index contributed by atoms with van der Waals surface area (Å²) in [5.74, 6) is -3.68. The second-order valence-corrected chi connectivity index (χ2v) is 5.62. The Kier molecular flexibility index (Phi) is 5.31. The number of nitro benzene ring substituents is 1. The molecule has 132 valence electrons. The van der Waals surface area contributed by atoms with Gasteiger partial charge in [-0.3, -0.25) is 19.9 Å². The van der Waals surface area contributed by atoms with Crippen LogP contribution in [0.3, 0.4) is 0 Å². The van der Waals surface area contributed by atoms with E-state index in [1.807, 2.05) is 0 Å². The zero-order valence-electron chi connectivity index (χ0n) is 14.1. The molecular formula is C17H18N2O6. The highest BCUT2D eigenvalue weighted by molar-refractivity contribution is 6.06. The Labute approximate surface area is 144 Å². The molecule has 25 heavy (non-hydrogen) atoms. The molecule has 1 aromatic carbocycles. The predicted octanol–water partition coefficient (Wildman–Crippen LogP) is 2.69. The van der Waals surface area contributed by atoms with Crippen molar-refractivity contribution in [2.75, 3.05) is 6.61 Å². The van der Waals surface area contributed by atoms with Gasteiger partial charge >= 0.3 is 11.9 Å². The molecule has 1 unspecified atom stereocenters. The van der Waals surface area contributed by atoms with Crippen molar-refractivity contribution in [3.63, 3.8) is 0 Å². The molecule has 2 atom stereocenters. The van der Waals surface area contributed by atoms with Crippen LogP contribution in [0.15, 0.2) is 40.5 Å². The fraction of sp³-hybridized carbons (Fsp3) is 0.353. The molecule has 0 radical (unpaired) electrons. The van der Waals surface area contributed by atoms with E-state index in [0.29, 0.717) is 11.3 Å². The maximum atomic E-state index is 12.4. The number of benzene rings is 1. The Morgan fingerprint density at radius 3 is 2.60 bits per heavy atom. The van der Waals surface area contributed by atoms with Gasteiger partial charge in [-0.25, -0.2) is 4.79 Å². The number of carboxylic acid groups (broad SMARTS) is 1. The molecule has 1 aliphatic rings. The fourth-order valence-corrected chi connectivity index (χ4v) is 3.04. The highest BCUT2D eigenvalue weighted by Crippen LogP contribution is 2.40. The number of ether oxygens (including phenoxy) is 1. The van der Waals surface area contributed by atoms with Crippen LogP contribution in [-0.4, -0.2) is 34.3 Å². The minimum absolute atomic E-state index is 0.0656. The molecule has 0 amide bonds. The smallest absolute Gasteiger partial charge is 0.334 e. The molecule has 0 spiro atoms. The van der Waals surface area contributed by atoms with Crippen LogP contribution < -0.4 is 0 Å². The van der Waals surface area contributed by atoms with Crippen molar-refractivity contribution in [1.82, 2.24) is 0 Å². The van der Waals surface area contributed by atoms with Crippen LogP contribution in [0, 0.1) is 16.0 Å². The van der Waals surface area contributed by atoms with Crippen LogP contribution in [0.2, 0.25) is 0 Å². The number of hydrogen-bond donors (Lipinski definition) is 1. The van der Waals surface area contributed by atoms with Crippen molar-refractivity contribution in [1.29, 1.82) is 0 Å². The molecule has 0 bridgehead atoms. The summed E-state index contributed by atoms with van der Waals surface area (Å²) in [5, 5.41) is 20.7. The van der Waals surface area contributed by atoms with Crippen molar-refractivity contribution in [3.05, 3.63) is 51.2 Å². The molecule has 8 heteroatoms. The lowest BCUT2D eigenvalue weighted by Gasteiger charge is -2.30. The third-order valence-corrected chi connectivity index (χ3v) is 4.04. The van der Waals surface area contributed by atoms with Crippen LogP contribution in [-0.2, 0) is 14.3 Å². The van der Waals surface area contributed by atoms with Crippen molar-refractivity contribution in [2.45, 2.75) is 26.7 Å². The largest absolute Gasteiger partial charge is 0.478 e. The number of rotatable bonds is 5. The summed E-state index contributed by atoms with van der Waals surface area (Å²) in [6, 6.07) is 5.62. The summed E-state index contributed by atoms with van der Waals surface area (Å²) >= 11 is 0. The average molecular weight is 346 g/mol. The maximum absolute atomic E-state index is 12.4. The fourth-order valence-electron chi connectivity index (χ4n) is 3.04. The molecule has 0 saturated heterocycles. The second kappa shape index (κ2) is 7.25. The van der Waals surface area contributed by atoms with Crippen molar-refractivity contribution < 1.29 is 24.4 Å². The van der Waals surface area contributed by atoms with Gasteiger partial charge in [0.05, 0.1) is 17.1 Å². The molecule has 8 nitrogen and oxygen atoms in total. The van der Waals surface area contributed by atoms with Gasteiger partial charge in [0.25, 0.3) is 5.69 Å². The number of aliphatic carboxylic acids is 1. The topological polar surface area (TPSA) is 119 Å². The second-order valence-electron chi connectivity index (χ2n) is 5.62. The van der Waals surface area contributed by atoms with E-state index in [1.54, 1.807) is 26.8 Å². The average Bonchev–Trinajstić information content (AvgIpc) is 2.53. The lowest BCUT2D eigenvalue weighted by Crippen LogP contribution is -2.36. The zero-order valence-corrected chi connectivity index (χ0v) is 14.1. The molecule has 2 rings (SSSR count). The summed E-state index contributed by atoms with van der Waals surface area (Å²) in [6.07, 6.45) is 0. The summed E-state index contributed by atoms with van der Waals surface area (Å²) in [5.41, 5.74) is 0.796. The van der Waals surface area contributed by atoms with Gasteiger partial charge in [0, 0.05) is 29.5 Å². The maximum Gasteiger partial charge on any atom is 0.334 e. The molecule has 0 saturated carbocycles. The first-order valence-electron chi connectivity index (χ1n) is 7.68. The SMILES string of the molecule is CCOC(=O)C1C(C)=NC(C)=C(C(=O)O)[C@H]1c1cccc([N+](=O)[O-])c1. The van der Waals surface area contributed by atoms with Gasteiger partial charge in [-0.15, -0.1) is 0 Å². The third kappa shape index (κ3) is 3.57. The van der Waals surface area contributed by atoms with Crippen LogP contribution in [0.25, 0.3) is 0 Å². The van der Waals surface area contributed by atoms with Gasteiger partial charge in [-0.1, -0.05) is 12.1 Å². The minimum atomic E-state index is -1.22. The normalized spacial score (nSPS) is 20.0. The van der Waals surface area contributed by atoms with Gasteiger partial charge < -0.3 is 9.84 Å². The first kappa shape index (κ1) is 18.3. The number of esters is 1. The minimum Gasteiger partial charge on any atom is -0.478 e. The van der Waals surface area contributed by atoms with Crippen molar-refractivity contribution in [3.8, 4) is 0 Å². The Morgan fingerprint density at radius 1 is 1.36 bits per heavy atom. The lowest BCUT2D eigenvalue weighted by atomic mass is 9.75. The summed E-state index contributed by atoms with van der Waals surface area (Å²) in [4.78, 5) is 38.9. The van der Waals surface area contributed by atoms with Gasteiger partial charge in [0.15, 0.2) is 0 Å². The summed E-state index contributed by atoms with van der Waals surface area (Å²) in [7, 11) is 0. The molecule has 1 aromatic rings. The quantitative estimate of drug-likeness (QED) is 0.497. The van der Waals surface area contributed by atoms with Crippen LogP contribution >= 0.6 is 0 Å². The Morgan fingerprint density at radius 2 is 2.04 bits per heavy atom. The Bertz CT molecular complexity index is 796. The van der Waals surface area contributed by atoms with Crippen LogP contribution in [0.5, 0.6) is 0 Å². The molecule has 0 fully saturated rings. The number of nitrogens with zero attached hydrogens (tertiary/aromatic N) is 2. The van der Waals surface area contributed by atoms with Gasteiger partial charge in [0.2, 0.25) is 0 Å². The Balaban J connectivity index is 2.66. The number of non-ortho nitro benzene ring substituents is 1. The van der Waals surface area contributed by atoms with E-state index in [0.717, 1.165) is 0 Å². The van der Waals surface area contributed by atoms with E-state index in [4.69, 9.17) is 4.74 Å². The lowest BCUT2D eigenvalue weighted by molar-refractivity contribution is -0.384. The van der Waals surface area contributed by atoms with E-state index in [9.17, 15) is 24.8 Å². The number of aliphatic imine (C=N–C) groups is 1. The van der Waals surface area contributed by atoms with Gasteiger partial charge in [0.1, 0.15) is 5.92 Å². The molecule has 1 aliphatic heterocycles. The van der Waals surface area contributed by atoms with E-state index < -0.39 is 28.7 Å². The van der Waals surface area contributed by atoms with Crippen LogP contribution in [0.1, 0.15) is 32.3 Å². The van der Waals surface area contributed by atoms with E-state index in [1.165, 1.54) is 18.2 Å². The highest BCUT2D eigenvalue weighted by atomic mass is 16.6. The number of allylic oxidation sites excluding steroid dienone is 1. The van der Waals surface area contributed by atoms with Gasteiger partial charge in [-0.2, -0.15) is 0 Å². The predicted molar refractivity (Wildman–Crippen MR) is 89.4 cm³/mol. The number of carbonyl (C=O) groups excluding carboxylic acids is 1. The number of nitro groups is 1. The molecule has 1 heterocycles. The highest BCUT2D eigenvalue weighted by Gasteiger charge is 2.42. The number of hydrogen-bond acceptors (Lipinski definition) is 6. The zero-order chi connectivity index (χ0) is 18.7. The summed E-state index contributed by atoms with van der Waals surface area (Å²) in [6.45, 7) is 4.94. The molecular weight excluding hydrogens is 328 g/mol. The number of carboxylic acids is 1.